The summed E-state index contributed by atoms with van der Waals surface area (Å²) >= 11 is 0. The normalized spacial score (nSPS) is 16.5. The molecule has 0 aliphatic carbocycles. The first-order valence-corrected chi connectivity index (χ1v) is 9.66. The highest BCUT2D eigenvalue weighted by Crippen LogP contribution is 2.45. The molecule has 0 N–H and O–H groups in total. The van der Waals surface area contributed by atoms with Crippen molar-refractivity contribution in [1.82, 2.24) is 10.2 Å². The quantitative estimate of drug-likeness (QED) is 0.630. The van der Waals surface area contributed by atoms with Gasteiger partial charge in [0.05, 0.1) is 39.5 Å². The highest BCUT2D eigenvalue weighted by atomic mass is 16.5. The van der Waals surface area contributed by atoms with Crippen molar-refractivity contribution in [3.8, 4) is 23.0 Å². The summed E-state index contributed by atoms with van der Waals surface area (Å²) in [5.74, 6) is 3.41. The summed E-state index contributed by atoms with van der Waals surface area (Å²) in [6.07, 6.45) is 3.80. The van der Waals surface area contributed by atoms with Crippen LogP contribution in [0.3, 0.4) is 0 Å². The van der Waals surface area contributed by atoms with E-state index in [1.165, 1.54) is 0 Å². The van der Waals surface area contributed by atoms with Crippen molar-refractivity contribution in [1.29, 1.82) is 0 Å². The van der Waals surface area contributed by atoms with Crippen LogP contribution >= 0.6 is 0 Å². The minimum atomic E-state index is 0.0882. The Bertz CT molecular complexity index is 981. The van der Waals surface area contributed by atoms with Crippen LogP contribution in [-0.2, 0) is 0 Å². The average molecular weight is 395 g/mol. The molecule has 1 unspecified atom stereocenters. The lowest BCUT2D eigenvalue weighted by Crippen LogP contribution is -2.41. The van der Waals surface area contributed by atoms with E-state index in [1.54, 1.807) is 27.5 Å². The van der Waals surface area contributed by atoms with E-state index in [0.29, 0.717) is 17.2 Å². The van der Waals surface area contributed by atoms with Gasteiger partial charge in [-0.3, -0.25) is 0 Å². The summed E-state index contributed by atoms with van der Waals surface area (Å²) in [6.45, 7) is 1.62. The maximum absolute atomic E-state index is 6.19. The summed E-state index contributed by atoms with van der Waals surface area (Å²) in [5, 5.41) is 10.4. The van der Waals surface area contributed by atoms with E-state index in [1.807, 2.05) is 36.4 Å². The Hall–Kier alpha value is -3.22. The van der Waals surface area contributed by atoms with Crippen LogP contribution in [0.2, 0.25) is 0 Å². The van der Waals surface area contributed by atoms with Crippen LogP contribution in [0.25, 0.3) is 10.8 Å². The van der Waals surface area contributed by atoms with Gasteiger partial charge in [-0.15, -0.1) is 5.10 Å². The maximum atomic E-state index is 6.19. The molecule has 2 aromatic carbocycles. The summed E-state index contributed by atoms with van der Waals surface area (Å²) in [6, 6.07) is 11.9. The fourth-order valence-electron chi connectivity index (χ4n) is 3.84. The van der Waals surface area contributed by atoms with Gasteiger partial charge < -0.3 is 23.8 Å². The van der Waals surface area contributed by atoms with Crippen molar-refractivity contribution >= 4 is 16.6 Å². The van der Waals surface area contributed by atoms with Crippen molar-refractivity contribution in [2.24, 2.45) is 0 Å². The van der Waals surface area contributed by atoms with E-state index in [0.717, 1.165) is 48.3 Å². The smallest absolute Gasteiger partial charge is 0.204 e. The lowest BCUT2D eigenvalue weighted by atomic mass is 10.1. The van der Waals surface area contributed by atoms with Crippen LogP contribution in [0.5, 0.6) is 23.0 Å². The molecule has 2 heterocycles. The van der Waals surface area contributed by atoms with Crippen LogP contribution in [0, 0.1) is 0 Å². The van der Waals surface area contributed by atoms with Crippen molar-refractivity contribution in [2.45, 2.75) is 18.9 Å². The Labute approximate surface area is 170 Å². The van der Waals surface area contributed by atoms with Crippen molar-refractivity contribution in [3.05, 3.63) is 42.6 Å². The average Bonchev–Trinajstić information content (AvgIpc) is 2.78. The second-order valence-electron chi connectivity index (χ2n) is 6.92. The topological polar surface area (TPSA) is 65.9 Å². The third kappa shape index (κ3) is 3.72. The molecule has 7 heteroatoms. The van der Waals surface area contributed by atoms with Gasteiger partial charge in [0.1, 0.15) is 11.9 Å². The Balaban J connectivity index is 1.69. The number of hydrogen-bond donors (Lipinski definition) is 0. The van der Waals surface area contributed by atoms with Crippen LogP contribution in [-0.4, -0.2) is 50.7 Å². The first-order chi connectivity index (χ1) is 14.2. The maximum Gasteiger partial charge on any atom is 0.204 e. The molecule has 0 amide bonds. The Morgan fingerprint density at radius 3 is 2.48 bits per heavy atom. The van der Waals surface area contributed by atoms with Crippen LogP contribution in [0.1, 0.15) is 12.8 Å². The molecule has 29 heavy (non-hydrogen) atoms. The summed E-state index contributed by atoms with van der Waals surface area (Å²) in [4.78, 5) is 2.22. The number of fused-ring (bicyclic) bond motifs is 1. The number of anilines is 1. The van der Waals surface area contributed by atoms with Gasteiger partial charge in [-0.2, -0.15) is 5.10 Å². The second kappa shape index (κ2) is 8.43. The van der Waals surface area contributed by atoms with Gasteiger partial charge in [-0.25, -0.2) is 0 Å². The number of nitrogens with zero attached hydrogens (tertiary/aromatic N) is 3. The lowest BCUT2D eigenvalue weighted by molar-refractivity contribution is 0.179. The van der Waals surface area contributed by atoms with Crippen LogP contribution in [0.4, 0.5) is 5.82 Å². The largest absolute Gasteiger partial charge is 0.493 e. The molecule has 0 spiro atoms. The highest BCUT2D eigenvalue weighted by molar-refractivity contribution is 5.99. The molecule has 1 fully saturated rings. The van der Waals surface area contributed by atoms with Crippen molar-refractivity contribution in [3.63, 3.8) is 0 Å². The molecule has 4 rings (SSSR count). The number of benzene rings is 2. The Morgan fingerprint density at radius 1 is 0.966 bits per heavy atom. The van der Waals surface area contributed by atoms with E-state index in [4.69, 9.17) is 18.9 Å². The molecule has 1 aliphatic heterocycles. The third-order valence-electron chi connectivity index (χ3n) is 5.17. The SMILES string of the molecule is COc1cc2c(N3CCCC(Oc4ccccc4)C3)nncc2c(OC)c1OC. The van der Waals surface area contributed by atoms with Crippen molar-refractivity contribution < 1.29 is 18.9 Å². The zero-order chi connectivity index (χ0) is 20.2. The first-order valence-electron chi connectivity index (χ1n) is 9.66. The molecule has 1 saturated heterocycles. The van der Waals surface area contributed by atoms with E-state index in [2.05, 4.69) is 15.1 Å². The monoisotopic (exact) mass is 395 g/mol. The van der Waals surface area contributed by atoms with Gasteiger partial charge in [-0.1, -0.05) is 18.2 Å². The van der Waals surface area contributed by atoms with Gasteiger partial charge in [-0.05, 0) is 31.0 Å². The molecule has 1 atom stereocenters. The predicted octanol–water partition coefficient (Wildman–Crippen LogP) is 3.70. The second-order valence-corrected chi connectivity index (χ2v) is 6.92. The standard InChI is InChI=1S/C22H25N3O4/c1-26-19-12-17-18(20(27-2)21(19)28-3)13-23-24-22(17)25-11-7-10-16(14-25)29-15-8-5-4-6-9-15/h4-6,8-9,12-13,16H,7,10-11,14H2,1-3H3. The van der Waals surface area contributed by atoms with Gasteiger partial charge in [0.2, 0.25) is 5.75 Å². The summed E-state index contributed by atoms with van der Waals surface area (Å²) in [7, 11) is 4.82. The number of methoxy groups -OCH3 is 3. The fraction of sp³-hybridized carbons (Fsp3) is 0.364. The molecule has 0 saturated carbocycles. The number of hydrogen-bond acceptors (Lipinski definition) is 7. The number of aromatic nitrogens is 2. The molecule has 0 bridgehead atoms. The molecule has 1 aliphatic rings. The number of piperidine rings is 1. The number of rotatable bonds is 6. The van der Waals surface area contributed by atoms with Gasteiger partial charge >= 0.3 is 0 Å². The van der Waals surface area contributed by atoms with E-state index < -0.39 is 0 Å². The minimum Gasteiger partial charge on any atom is -0.493 e. The molecule has 0 radical (unpaired) electrons. The Morgan fingerprint density at radius 2 is 1.76 bits per heavy atom. The fourth-order valence-corrected chi connectivity index (χ4v) is 3.84. The zero-order valence-corrected chi connectivity index (χ0v) is 16.9. The predicted molar refractivity (Wildman–Crippen MR) is 111 cm³/mol. The Kier molecular flexibility index (Phi) is 5.55. The molecule has 152 valence electrons. The first kappa shape index (κ1) is 19.1. The molecule has 7 nitrogen and oxygen atoms in total. The number of para-hydroxylation sites is 1. The van der Waals surface area contributed by atoms with Crippen LogP contribution in [0.15, 0.2) is 42.6 Å². The zero-order valence-electron chi connectivity index (χ0n) is 16.9. The molecule has 1 aromatic heterocycles. The van der Waals surface area contributed by atoms with E-state index >= 15 is 0 Å². The van der Waals surface area contributed by atoms with Gasteiger partial charge in [0, 0.05) is 11.9 Å². The molecular formula is C22H25N3O4. The number of ether oxygens (including phenoxy) is 4. The summed E-state index contributed by atoms with van der Waals surface area (Å²) in [5.41, 5.74) is 0. The van der Waals surface area contributed by atoms with Crippen molar-refractivity contribution in [2.75, 3.05) is 39.3 Å². The molecular weight excluding hydrogens is 370 g/mol. The lowest BCUT2D eigenvalue weighted by Gasteiger charge is -2.34. The molecule has 3 aromatic rings. The highest BCUT2D eigenvalue weighted by Gasteiger charge is 2.26. The van der Waals surface area contributed by atoms with Crippen LogP contribution < -0.4 is 23.8 Å². The van der Waals surface area contributed by atoms with E-state index in [-0.39, 0.29) is 6.10 Å². The minimum absolute atomic E-state index is 0.0882. The van der Waals surface area contributed by atoms with Gasteiger partial charge in [0.25, 0.3) is 0 Å². The summed E-state index contributed by atoms with van der Waals surface area (Å²) < 4.78 is 22.8. The van der Waals surface area contributed by atoms with Gasteiger partial charge in [0.15, 0.2) is 17.3 Å². The third-order valence-corrected chi connectivity index (χ3v) is 5.17. The van der Waals surface area contributed by atoms with E-state index in [9.17, 15) is 0 Å².